The van der Waals surface area contributed by atoms with Crippen LogP contribution in [0.1, 0.15) is 46.5 Å². The monoisotopic (exact) mass is 355 g/mol. The normalized spacial score (nSPS) is 22.5. The number of aromatic nitrogens is 2. The van der Waals surface area contributed by atoms with Crippen molar-refractivity contribution in [3.05, 3.63) is 21.0 Å². The molecule has 2 rings (SSSR count). The molecule has 1 aliphatic rings. The zero-order chi connectivity index (χ0) is 15.4. The molecule has 1 aromatic heterocycles. The molecule has 5 heteroatoms. The SMILES string of the molecule is CC(C)Cn1ncc(NCC2CCCCC2C)c(Br)c1=O. The minimum absolute atomic E-state index is 0.0506. The Morgan fingerprint density at radius 2 is 2.14 bits per heavy atom. The summed E-state index contributed by atoms with van der Waals surface area (Å²) in [4.78, 5) is 12.3. The maximum atomic E-state index is 12.3. The van der Waals surface area contributed by atoms with Crippen LogP contribution in [0.3, 0.4) is 0 Å². The summed E-state index contributed by atoms with van der Waals surface area (Å²) in [7, 11) is 0. The number of halogens is 1. The van der Waals surface area contributed by atoms with E-state index in [1.165, 1.54) is 30.4 Å². The van der Waals surface area contributed by atoms with Gasteiger partial charge in [0, 0.05) is 13.1 Å². The van der Waals surface area contributed by atoms with Gasteiger partial charge in [0.15, 0.2) is 0 Å². The molecule has 1 heterocycles. The van der Waals surface area contributed by atoms with Crippen LogP contribution >= 0.6 is 15.9 Å². The van der Waals surface area contributed by atoms with Gasteiger partial charge in [-0.15, -0.1) is 0 Å². The second-order valence-corrected chi connectivity index (χ2v) is 7.45. The van der Waals surface area contributed by atoms with Crippen molar-refractivity contribution in [2.24, 2.45) is 17.8 Å². The summed E-state index contributed by atoms with van der Waals surface area (Å²) < 4.78 is 2.13. The van der Waals surface area contributed by atoms with Gasteiger partial charge in [0.05, 0.1) is 11.9 Å². The first-order valence-corrected chi connectivity index (χ1v) is 8.77. The number of nitrogens with one attached hydrogen (secondary N) is 1. The van der Waals surface area contributed by atoms with E-state index < -0.39 is 0 Å². The topological polar surface area (TPSA) is 46.9 Å². The minimum Gasteiger partial charge on any atom is -0.382 e. The van der Waals surface area contributed by atoms with E-state index in [0.29, 0.717) is 22.9 Å². The van der Waals surface area contributed by atoms with Crippen molar-refractivity contribution >= 4 is 21.6 Å². The highest BCUT2D eigenvalue weighted by atomic mass is 79.9. The largest absolute Gasteiger partial charge is 0.382 e. The van der Waals surface area contributed by atoms with Crippen molar-refractivity contribution in [1.29, 1.82) is 0 Å². The molecule has 1 aromatic rings. The van der Waals surface area contributed by atoms with Crippen molar-refractivity contribution in [2.45, 2.75) is 53.0 Å². The van der Waals surface area contributed by atoms with Crippen LogP contribution in [0.4, 0.5) is 5.69 Å². The molecule has 1 aliphatic carbocycles. The van der Waals surface area contributed by atoms with Crippen LogP contribution in [0.25, 0.3) is 0 Å². The minimum atomic E-state index is -0.0506. The van der Waals surface area contributed by atoms with Gasteiger partial charge in [-0.1, -0.05) is 40.0 Å². The Hall–Kier alpha value is -0.840. The van der Waals surface area contributed by atoms with Gasteiger partial charge in [0.25, 0.3) is 5.56 Å². The predicted molar refractivity (Wildman–Crippen MR) is 90.6 cm³/mol. The van der Waals surface area contributed by atoms with Crippen molar-refractivity contribution in [1.82, 2.24) is 9.78 Å². The predicted octanol–water partition coefficient (Wildman–Crippen LogP) is 3.90. The number of hydrogen-bond donors (Lipinski definition) is 1. The maximum Gasteiger partial charge on any atom is 0.283 e. The lowest BCUT2D eigenvalue weighted by Crippen LogP contribution is -2.28. The summed E-state index contributed by atoms with van der Waals surface area (Å²) in [6.07, 6.45) is 7.05. The second-order valence-electron chi connectivity index (χ2n) is 6.66. The van der Waals surface area contributed by atoms with Crippen LogP contribution in [0.15, 0.2) is 15.5 Å². The third kappa shape index (κ3) is 4.31. The molecule has 0 radical (unpaired) electrons. The van der Waals surface area contributed by atoms with Crippen LogP contribution in [0.5, 0.6) is 0 Å². The lowest BCUT2D eigenvalue weighted by Gasteiger charge is -2.29. The smallest absolute Gasteiger partial charge is 0.283 e. The zero-order valence-corrected chi connectivity index (χ0v) is 14.8. The lowest BCUT2D eigenvalue weighted by atomic mass is 9.80. The molecule has 1 fully saturated rings. The molecule has 2 unspecified atom stereocenters. The number of anilines is 1. The third-order valence-corrected chi connectivity index (χ3v) is 5.13. The highest BCUT2D eigenvalue weighted by molar-refractivity contribution is 9.10. The second kappa shape index (κ2) is 7.43. The van der Waals surface area contributed by atoms with E-state index in [0.717, 1.165) is 18.2 Å². The Kier molecular flexibility index (Phi) is 5.85. The van der Waals surface area contributed by atoms with Crippen molar-refractivity contribution in [3.8, 4) is 0 Å². The van der Waals surface area contributed by atoms with E-state index in [9.17, 15) is 4.79 Å². The van der Waals surface area contributed by atoms with E-state index in [4.69, 9.17) is 0 Å². The fourth-order valence-corrected chi connectivity index (χ4v) is 3.45. The summed E-state index contributed by atoms with van der Waals surface area (Å²) in [5, 5.41) is 7.69. The summed E-state index contributed by atoms with van der Waals surface area (Å²) in [5.41, 5.74) is 0.767. The molecule has 4 nitrogen and oxygen atoms in total. The van der Waals surface area contributed by atoms with Crippen LogP contribution in [-0.2, 0) is 6.54 Å². The molecule has 0 aliphatic heterocycles. The van der Waals surface area contributed by atoms with Crippen molar-refractivity contribution in [3.63, 3.8) is 0 Å². The van der Waals surface area contributed by atoms with Crippen molar-refractivity contribution in [2.75, 3.05) is 11.9 Å². The Balaban J connectivity index is 2.03. The van der Waals surface area contributed by atoms with Gasteiger partial charge in [-0.25, -0.2) is 4.68 Å². The number of hydrogen-bond acceptors (Lipinski definition) is 3. The maximum absolute atomic E-state index is 12.3. The first kappa shape index (κ1) is 16.5. The summed E-state index contributed by atoms with van der Waals surface area (Å²) in [6, 6.07) is 0. The highest BCUT2D eigenvalue weighted by Gasteiger charge is 2.21. The average Bonchev–Trinajstić information content (AvgIpc) is 2.44. The zero-order valence-electron chi connectivity index (χ0n) is 13.2. The molecular formula is C16H26BrN3O. The van der Waals surface area contributed by atoms with E-state index >= 15 is 0 Å². The molecule has 0 saturated heterocycles. The molecular weight excluding hydrogens is 330 g/mol. The molecule has 0 bridgehead atoms. The Bertz CT molecular complexity index is 527. The molecule has 2 atom stereocenters. The van der Waals surface area contributed by atoms with Gasteiger partial charge in [-0.2, -0.15) is 5.10 Å². The molecule has 1 N–H and O–H groups in total. The van der Waals surface area contributed by atoms with Gasteiger partial charge < -0.3 is 5.32 Å². The van der Waals surface area contributed by atoms with E-state index in [2.05, 4.69) is 47.1 Å². The molecule has 0 amide bonds. The first-order chi connectivity index (χ1) is 9.99. The van der Waals surface area contributed by atoms with Crippen LogP contribution in [-0.4, -0.2) is 16.3 Å². The summed E-state index contributed by atoms with van der Waals surface area (Å²) >= 11 is 3.43. The third-order valence-electron chi connectivity index (χ3n) is 4.37. The average molecular weight is 356 g/mol. The quantitative estimate of drug-likeness (QED) is 0.870. The molecule has 0 spiro atoms. The van der Waals surface area contributed by atoms with Gasteiger partial charge in [0.1, 0.15) is 4.47 Å². The molecule has 0 aromatic carbocycles. The van der Waals surface area contributed by atoms with E-state index in [1.807, 2.05) is 0 Å². The lowest BCUT2D eigenvalue weighted by molar-refractivity contribution is 0.268. The van der Waals surface area contributed by atoms with E-state index in [-0.39, 0.29) is 5.56 Å². The Morgan fingerprint density at radius 3 is 2.81 bits per heavy atom. The van der Waals surface area contributed by atoms with Gasteiger partial charge in [-0.3, -0.25) is 4.79 Å². The molecule has 118 valence electrons. The number of rotatable bonds is 5. The van der Waals surface area contributed by atoms with Crippen LogP contribution in [0, 0.1) is 17.8 Å². The van der Waals surface area contributed by atoms with Crippen LogP contribution < -0.4 is 10.9 Å². The standard InChI is InChI=1S/C16H26BrN3O/c1-11(2)10-20-16(21)15(17)14(9-19-20)18-8-13-7-5-4-6-12(13)3/h9,11-13,18H,4-8,10H2,1-3H3. The highest BCUT2D eigenvalue weighted by Crippen LogP contribution is 2.30. The van der Waals surface area contributed by atoms with Gasteiger partial charge >= 0.3 is 0 Å². The van der Waals surface area contributed by atoms with Crippen LogP contribution in [0.2, 0.25) is 0 Å². The molecule has 1 saturated carbocycles. The van der Waals surface area contributed by atoms with Gasteiger partial charge in [0.2, 0.25) is 0 Å². The van der Waals surface area contributed by atoms with Gasteiger partial charge in [-0.05, 0) is 40.1 Å². The number of nitrogens with zero attached hydrogens (tertiary/aromatic N) is 2. The Morgan fingerprint density at radius 1 is 1.43 bits per heavy atom. The fraction of sp³-hybridized carbons (Fsp3) is 0.750. The summed E-state index contributed by atoms with van der Waals surface area (Å²) in [6.45, 7) is 8.07. The van der Waals surface area contributed by atoms with E-state index in [1.54, 1.807) is 6.20 Å². The van der Waals surface area contributed by atoms with Crippen molar-refractivity contribution < 1.29 is 0 Å². The Labute approximate surface area is 135 Å². The molecule has 21 heavy (non-hydrogen) atoms. The first-order valence-electron chi connectivity index (χ1n) is 7.98. The summed E-state index contributed by atoms with van der Waals surface area (Å²) in [5.74, 6) is 1.87. The fourth-order valence-electron chi connectivity index (χ4n) is 3.00.